The predicted octanol–water partition coefficient (Wildman–Crippen LogP) is 5.18. The van der Waals surface area contributed by atoms with Gasteiger partial charge in [-0.3, -0.25) is 4.79 Å². The molecule has 1 saturated heterocycles. The number of hydrogen-bond donors (Lipinski definition) is 1. The fourth-order valence-electron chi connectivity index (χ4n) is 3.58. The average Bonchev–Trinajstić information content (AvgIpc) is 2.75. The van der Waals surface area contributed by atoms with E-state index in [4.69, 9.17) is 32.7 Å². The van der Waals surface area contributed by atoms with Crippen LogP contribution in [0.5, 0.6) is 11.5 Å². The number of amides is 1. The molecule has 1 aliphatic heterocycles. The normalized spacial score (nSPS) is 14.6. The van der Waals surface area contributed by atoms with Crippen LogP contribution in [-0.4, -0.2) is 56.7 Å². The Bertz CT molecular complexity index is 929. The van der Waals surface area contributed by atoms with Crippen molar-refractivity contribution in [2.45, 2.75) is 26.9 Å². The van der Waals surface area contributed by atoms with Crippen LogP contribution in [0.3, 0.4) is 0 Å². The predicted molar refractivity (Wildman–Crippen MR) is 128 cm³/mol. The zero-order valence-electron chi connectivity index (χ0n) is 18.4. The molecule has 0 atom stereocenters. The zero-order valence-corrected chi connectivity index (χ0v) is 19.9. The van der Waals surface area contributed by atoms with E-state index < -0.39 is 0 Å². The van der Waals surface area contributed by atoms with Gasteiger partial charge in [0.2, 0.25) is 0 Å². The van der Waals surface area contributed by atoms with Crippen molar-refractivity contribution in [3.05, 3.63) is 45.9 Å². The van der Waals surface area contributed by atoms with Gasteiger partial charge in [-0.15, -0.1) is 0 Å². The number of likely N-dealkylation sites (N-methyl/N-ethyl adjacent to an activating group) is 1. The second-order valence-corrected chi connectivity index (χ2v) is 8.54. The summed E-state index contributed by atoms with van der Waals surface area (Å²) in [6.07, 6.45) is -0.0757. The lowest BCUT2D eigenvalue weighted by atomic mass is 10.1. The van der Waals surface area contributed by atoms with Gasteiger partial charge in [-0.2, -0.15) is 0 Å². The van der Waals surface area contributed by atoms with E-state index in [1.54, 1.807) is 18.2 Å². The number of rotatable bonds is 7. The minimum Gasteiger partial charge on any atom is -0.493 e. The second kappa shape index (κ2) is 10.4. The number of ether oxygens (including phenoxy) is 2. The van der Waals surface area contributed by atoms with Crippen LogP contribution in [0.1, 0.15) is 31.1 Å². The van der Waals surface area contributed by atoms with Crippen molar-refractivity contribution in [1.29, 1.82) is 0 Å². The summed E-state index contributed by atoms with van der Waals surface area (Å²) in [5, 5.41) is 3.87. The molecular formula is C23H29Cl2N3O3. The lowest BCUT2D eigenvalue weighted by molar-refractivity contribution is 0.102. The van der Waals surface area contributed by atoms with Crippen molar-refractivity contribution in [2.24, 2.45) is 0 Å². The number of nitrogens with zero attached hydrogens (tertiary/aromatic N) is 2. The maximum absolute atomic E-state index is 13.1. The largest absolute Gasteiger partial charge is 0.493 e. The van der Waals surface area contributed by atoms with Crippen molar-refractivity contribution < 1.29 is 14.3 Å². The number of hydrogen-bond acceptors (Lipinski definition) is 5. The molecule has 168 valence electrons. The highest BCUT2D eigenvalue weighted by Gasteiger charge is 2.21. The van der Waals surface area contributed by atoms with Crippen LogP contribution in [0.25, 0.3) is 0 Å². The molecule has 0 bridgehead atoms. The molecule has 1 heterocycles. The molecule has 3 rings (SSSR count). The molecule has 0 spiro atoms. The van der Waals surface area contributed by atoms with Crippen LogP contribution >= 0.6 is 23.2 Å². The molecule has 1 N–H and O–H groups in total. The van der Waals surface area contributed by atoms with E-state index in [-0.39, 0.29) is 12.0 Å². The molecule has 2 aromatic carbocycles. The van der Waals surface area contributed by atoms with Crippen LogP contribution in [0, 0.1) is 0 Å². The Morgan fingerprint density at radius 1 is 1.13 bits per heavy atom. The standard InChI is InChI=1S/C23H29Cl2N3O3/c1-5-27-8-10-28(11-9-27)20-7-6-17(24)14-19(20)26-23(29)16-12-18(25)22(31-15(2)3)21(13-16)30-4/h6-7,12-15H,5,8-11H2,1-4H3,(H,26,29). The van der Waals surface area contributed by atoms with E-state index >= 15 is 0 Å². The van der Waals surface area contributed by atoms with Crippen LogP contribution in [0.2, 0.25) is 10.0 Å². The Morgan fingerprint density at radius 3 is 2.45 bits per heavy atom. The topological polar surface area (TPSA) is 54.0 Å². The quantitative estimate of drug-likeness (QED) is 0.609. The van der Waals surface area contributed by atoms with E-state index in [0.29, 0.717) is 32.8 Å². The van der Waals surface area contributed by atoms with E-state index in [1.807, 2.05) is 26.0 Å². The number of carbonyl (C=O) groups is 1. The highest BCUT2D eigenvalue weighted by Crippen LogP contribution is 2.38. The summed E-state index contributed by atoms with van der Waals surface area (Å²) < 4.78 is 11.1. The van der Waals surface area contributed by atoms with Gasteiger partial charge in [-0.1, -0.05) is 30.1 Å². The number of anilines is 2. The van der Waals surface area contributed by atoms with Crippen molar-refractivity contribution in [3.63, 3.8) is 0 Å². The van der Waals surface area contributed by atoms with Crippen molar-refractivity contribution in [1.82, 2.24) is 4.90 Å². The first-order valence-corrected chi connectivity index (χ1v) is 11.2. The molecule has 0 aromatic heterocycles. The summed E-state index contributed by atoms with van der Waals surface area (Å²) >= 11 is 12.6. The molecule has 1 fully saturated rings. The molecule has 2 aromatic rings. The Labute approximate surface area is 194 Å². The number of piperazine rings is 1. The molecule has 0 aliphatic carbocycles. The van der Waals surface area contributed by atoms with Gasteiger partial charge in [-0.25, -0.2) is 0 Å². The SMILES string of the molecule is CCN1CCN(c2ccc(Cl)cc2NC(=O)c2cc(Cl)c(OC(C)C)c(OC)c2)CC1. The number of nitrogens with one attached hydrogen (secondary N) is 1. The maximum Gasteiger partial charge on any atom is 0.255 e. The zero-order chi connectivity index (χ0) is 22.5. The fourth-order valence-corrected chi connectivity index (χ4v) is 4.01. The third kappa shape index (κ3) is 5.76. The third-order valence-corrected chi connectivity index (χ3v) is 5.73. The van der Waals surface area contributed by atoms with E-state index in [0.717, 1.165) is 38.4 Å². The van der Waals surface area contributed by atoms with Gasteiger partial charge in [0, 0.05) is 36.8 Å². The minimum absolute atomic E-state index is 0.0757. The molecule has 0 unspecified atom stereocenters. The van der Waals surface area contributed by atoms with Crippen LogP contribution in [0.4, 0.5) is 11.4 Å². The Morgan fingerprint density at radius 2 is 1.84 bits per heavy atom. The van der Waals surface area contributed by atoms with Gasteiger partial charge in [-0.05, 0) is 50.7 Å². The first-order chi connectivity index (χ1) is 14.8. The van der Waals surface area contributed by atoms with Gasteiger partial charge in [0.15, 0.2) is 11.5 Å². The molecule has 0 radical (unpaired) electrons. The minimum atomic E-state index is -0.299. The number of halogens is 2. The first kappa shape index (κ1) is 23.5. The molecule has 1 aliphatic rings. The number of carbonyl (C=O) groups excluding carboxylic acids is 1. The Hall–Kier alpha value is -2.15. The lowest BCUT2D eigenvalue weighted by Crippen LogP contribution is -2.46. The smallest absolute Gasteiger partial charge is 0.255 e. The number of benzene rings is 2. The van der Waals surface area contributed by atoms with E-state index in [1.165, 1.54) is 7.11 Å². The summed E-state index contributed by atoms with van der Waals surface area (Å²) in [5.41, 5.74) is 1.99. The van der Waals surface area contributed by atoms with Crippen LogP contribution in [0.15, 0.2) is 30.3 Å². The van der Waals surface area contributed by atoms with Crippen molar-refractivity contribution in [3.8, 4) is 11.5 Å². The summed E-state index contributed by atoms with van der Waals surface area (Å²) in [4.78, 5) is 17.7. The molecule has 8 heteroatoms. The molecule has 1 amide bonds. The van der Waals surface area contributed by atoms with Gasteiger partial charge in [0.05, 0.1) is 29.6 Å². The van der Waals surface area contributed by atoms with E-state index in [9.17, 15) is 4.79 Å². The van der Waals surface area contributed by atoms with Gasteiger partial charge >= 0.3 is 0 Å². The average molecular weight is 466 g/mol. The van der Waals surface area contributed by atoms with Gasteiger partial charge in [0.1, 0.15) is 0 Å². The molecular weight excluding hydrogens is 437 g/mol. The van der Waals surface area contributed by atoms with Crippen molar-refractivity contribution >= 4 is 40.5 Å². The second-order valence-electron chi connectivity index (χ2n) is 7.69. The van der Waals surface area contributed by atoms with E-state index in [2.05, 4.69) is 22.0 Å². The summed E-state index contributed by atoms with van der Waals surface area (Å²) in [5.74, 6) is 0.535. The van der Waals surface area contributed by atoms with Gasteiger partial charge < -0.3 is 24.6 Å². The van der Waals surface area contributed by atoms with Crippen molar-refractivity contribution in [2.75, 3.05) is 50.1 Å². The monoisotopic (exact) mass is 465 g/mol. The van der Waals surface area contributed by atoms with Crippen LogP contribution < -0.4 is 19.7 Å². The molecule has 31 heavy (non-hydrogen) atoms. The molecule has 6 nitrogen and oxygen atoms in total. The highest BCUT2D eigenvalue weighted by atomic mass is 35.5. The van der Waals surface area contributed by atoms with Crippen LogP contribution in [-0.2, 0) is 0 Å². The Balaban J connectivity index is 1.85. The third-order valence-electron chi connectivity index (χ3n) is 5.21. The number of methoxy groups -OCH3 is 1. The fraction of sp³-hybridized carbons (Fsp3) is 0.435. The summed E-state index contributed by atoms with van der Waals surface area (Å²) in [6, 6.07) is 8.78. The first-order valence-electron chi connectivity index (χ1n) is 10.4. The summed E-state index contributed by atoms with van der Waals surface area (Å²) in [6.45, 7) is 10.7. The summed E-state index contributed by atoms with van der Waals surface area (Å²) in [7, 11) is 1.52. The molecule has 0 saturated carbocycles. The lowest BCUT2D eigenvalue weighted by Gasteiger charge is -2.36. The Kier molecular flexibility index (Phi) is 7.92. The van der Waals surface area contributed by atoms with Gasteiger partial charge in [0.25, 0.3) is 5.91 Å². The highest BCUT2D eigenvalue weighted by molar-refractivity contribution is 6.33. The maximum atomic E-state index is 13.1.